The van der Waals surface area contributed by atoms with E-state index < -0.39 is 0 Å². The minimum Gasteiger partial charge on any atom is -0.493 e. The summed E-state index contributed by atoms with van der Waals surface area (Å²) < 4.78 is 11.4. The highest BCUT2D eigenvalue weighted by molar-refractivity contribution is 5.31. The van der Waals surface area contributed by atoms with Gasteiger partial charge >= 0.3 is 0 Å². The number of para-hydroxylation sites is 1. The Bertz CT molecular complexity index is 375. The van der Waals surface area contributed by atoms with Crippen LogP contribution >= 0.6 is 0 Å². The summed E-state index contributed by atoms with van der Waals surface area (Å²) in [5.41, 5.74) is 1.21. The molecule has 1 unspecified atom stereocenters. The Kier molecular flexibility index (Phi) is 6.89. The van der Waals surface area contributed by atoms with Gasteiger partial charge in [-0.25, -0.2) is 0 Å². The van der Waals surface area contributed by atoms with Crippen LogP contribution in [-0.2, 0) is 4.74 Å². The van der Waals surface area contributed by atoms with Crippen molar-refractivity contribution in [2.45, 2.75) is 45.1 Å². The van der Waals surface area contributed by atoms with Gasteiger partial charge in [0.25, 0.3) is 0 Å². The Labute approximate surface area is 122 Å². The van der Waals surface area contributed by atoms with E-state index in [1.165, 1.54) is 31.2 Å². The number of aryl methyl sites for hydroxylation is 1. The zero-order valence-electron chi connectivity index (χ0n) is 12.6. The van der Waals surface area contributed by atoms with Gasteiger partial charge in [-0.05, 0) is 57.2 Å². The molecular weight excluding hydrogens is 250 g/mol. The predicted octanol–water partition coefficient (Wildman–Crippen LogP) is 3.31. The first-order valence-electron chi connectivity index (χ1n) is 7.87. The van der Waals surface area contributed by atoms with Crippen molar-refractivity contribution in [3.05, 3.63) is 29.8 Å². The second kappa shape index (κ2) is 8.98. The van der Waals surface area contributed by atoms with Crippen molar-refractivity contribution in [3.8, 4) is 5.75 Å². The first-order valence-corrected chi connectivity index (χ1v) is 7.87. The molecule has 1 fully saturated rings. The number of benzene rings is 1. The standard InChI is InChI=1S/C17H27NO2/c1-15-8-3-4-10-17(15)20-12-6-2-5-11-18-14-16-9-7-13-19-16/h3-4,8,10,16,18H,2,5-7,9,11-14H2,1H3. The van der Waals surface area contributed by atoms with Crippen LogP contribution in [0.25, 0.3) is 0 Å². The molecule has 1 heterocycles. The van der Waals surface area contributed by atoms with Gasteiger partial charge in [0.05, 0.1) is 12.7 Å². The van der Waals surface area contributed by atoms with Gasteiger partial charge in [0.15, 0.2) is 0 Å². The maximum absolute atomic E-state index is 5.78. The molecule has 1 aromatic carbocycles. The van der Waals surface area contributed by atoms with Gasteiger partial charge in [-0.3, -0.25) is 0 Å². The van der Waals surface area contributed by atoms with Crippen molar-refractivity contribution in [1.29, 1.82) is 0 Å². The Hall–Kier alpha value is -1.06. The fourth-order valence-electron chi connectivity index (χ4n) is 2.50. The number of hydrogen-bond donors (Lipinski definition) is 1. The van der Waals surface area contributed by atoms with E-state index in [9.17, 15) is 0 Å². The monoisotopic (exact) mass is 277 g/mol. The smallest absolute Gasteiger partial charge is 0.122 e. The van der Waals surface area contributed by atoms with E-state index >= 15 is 0 Å². The van der Waals surface area contributed by atoms with E-state index in [2.05, 4.69) is 18.3 Å². The first-order chi connectivity index (χ1) is 9.86. The van der Waals surface area contributed by atoms with Crippen molar-refractivity contribution in [3.63, 3.8) is 0 Å². The van der Waals surface area contributed by atoms with Crippen LogP contribution in [0.1, 0.15) is 37.7 Å². The molecule has 0 aromatic heterocycles. The average molecular weight is 277 g/mol. The average Bonchev–Trinajstić information content (AvgIpc) is 2.97. The summed E-state index contributed by atoms with van der Waals surface area (Å²) in [5.74, 6) is 1.02. The molecule has 0 radical (unpaired) electrons. The molecule has 112 valence electrons. The van der Waals surface area contributed by atoms with E-state index in [1.807, 2.05) is 18.2 Å². The number of unbranched alkanes of at least 4 members (excludes halogenated alkanes) is 2. The zero-order chi connectivity index (χ0) is 14.0. The van der Waals surface area contributed by atoms with Crippen LogP contribution in [0.3, 0.4) is 0 Å². The van der Waals surface area contributed by atoms with Crippen LogP contribution in [-0.4, -0.2) is 32.4 Å². The maximum atomic E-state index is 5.78. The zero-order valence-corrected chi connectivity index (χ0v) is 12.6. The number of rotatable bonds is 9. The van der Waals surface area contributed by atoms with Crippen LogP contribution < -0.4 is 10.1 Å². The summed E-state index contributed by atoms with van der Waals surface area (Å²) >= 11 is 0. The van der Waals surface area contributed by atoms with E-state index in [1.54, 1.807) is 0 Å². The maximum Gasteiger partial charge on any atom is 0.122 e. The fraction of sp³-hybridized carbons (Fsp3) is 0.647. The van der Waals surface area contributed by atoms with Crippen molar-refractivity contribution in [2.75, 3.05) is 26.3 Å². The van der Waals surface area contributed by atoms with Crippen LogP contribution in [0.2, 0.25) is 0 Å². The van der Waals surface area contributed by atoms with E-state index in [0.29, 0.717) is 6.10 Å². The van der Waals surface area contributed by atoms with Gasteiger partial charge in [0.1, 0.15) is 5.75 Å². The Morgan fingerprint density at radius 3 is 2.95 bits per heavy atom. The van der Waals surface area contributed by atoms with Crippen LogP contribution in [0.4, 0.5) is 0 Å². The highest BCUT2D eigenvalue weighted by atomic mass is 16.5. The highest BCUT2D eigenvalue weighted by Crippen LogP contribution is 2.16. The van der Waals surface area contributed by atoms with Gasteiger partial charge in [-0.1, -0.05) is 18.2 Å². The first kappa shape index (κ1) is 15.3. The Balaban J connectivity index is 1.43. The molecule has 1 aliphatic heterocycles. The molecule has 3 nitrogen and oxygen atoms in total. The molecule has 1 atom stereocenters. The topological polar surface area (TPSA) is 30.5 Å². The summed E-state index contributed by atoms with van der Waals surface area (Å²) in [6, 6.07) is 8.20. The van der Waals surface area contributed by atoms with Gasteiger partial charge in [-0.15, -0.1) is 0 Å². The molecule has 1 aliphatic rings. The highest BCUT2D eigenvalue weighted by Gasteiger charge is 2.13. The van der Waals surface area contributed by atoms with Gasteiger partial charge < -0.3 is 14.8 Å². The molecule has 0 bridgehead atoms. The minimum atomic E-state index is 0.458. The van der Waals surface area contributed by atoms with Crippen LogP contribution in [0.5, 0.6) is 5.75 Å². The molecule has 1 saturated heterocycles. The molecule has 0 saturated carbocycles. The lowest BCUT2D eigenvalue weighted by Gasteiger charge is -2.11. The van der Waals surface area contributed by atoms with Gasteiger partial charge in [0.2, 0.25) is 0 Å². The summed E-state index contributed by atoms with van der Waals surface area (Å²) in [7, 11) is 0. The molecule has 0 aliphatic carbocycles. The third-order valence-electron chi connectivity index (χ3n) is 3.75. The van der Waals surface area contributed by atoms with Crippen molar-refractivity contribution in [2.24, 2.45) is 0 Å². The quantitative estimate of drug-likeness (QED) is 0.702. The minimum absolute atomic E-state index is 0.458. The van der Waals surface area contributed by atoms with Gasteiger partial charge in [-0.2, -0.15) is 0 Å². The number of hydrogen-bond acceptors (Lipinski definition) is 3. The Morgan fingerprint density at radius 1 is 1.25 bits per heavy atom. The third kappa shape index (κ3) is 5.51. The lowest BCUT2D eigenvalue weighted by atomic mass is 10.2. The summed E-state index contributed by atoms with van der Waals surface area (Å²) in [6.07, 6.45) is 6.45. The summed E-state index contributed by atoms with van der Waals surface area (Å²) in [5, 5.41) is 3.48. The lowest BCUT2D eigenvalue weighted by molar-refractivity contribution is 0.110. The second-order valence-corrected chi connectivity index (χ2v) is 5.51. The molecule has 2 rings (SSSR count). The molecule has 20 heavy (non-hydrogen) atoms. The third-order valence-corrected chi connectivity index (χ3v) is 3.75. The normalized spacial score (nSPS) is 18.4. The van der Waals surface area contributed by atoms with E-state index in [4.69, 9.17) is 9.47 Å². The molecule has 0 spiro atoms. The van der Waals surface area contributed by atoms with Crippen molar-refractivity contribution < 1.29 is 9.47 Å². The lowest BCUT2D eigenvalue weighted by Crippen LogP contribution is -2.27. The Morgan fingerprint density at radius 2 is 2.15 bits per heavy atom. The van der Waals surface area contributed by atoms with Crippen molar-refractivity contribution >= 4 is 0 Å². The van der Waals surface area contributed by atoms with Crippen LogP contribution in [0, 0.1) is 6.92 Å². The molecule has 1 N–H and O–H groups in total. The fourth-order valence-corrected chi connectivity index (χ4v) is 2.50. The molecule has 3 heteroatoms. The van der Waals surface area contributed by atoms with Gasteiger partial charge in [0, 0.05) is 13.2 Å². The number of ether oxygens (including phenoxy) is 2. The number of nitrogens with one attached hydrogen (secondary N) is 1. The summed E-state index contributed by atoms with van der Waals surface area (Å²) in [6.45, 7) is 5.95. The molecular formula is C17H27NO2. The SMILES string of the molecule is Cc1ccccc1OCCCCCNCC1CCCO1. The van der Waals surface area contributed by atoms with E-state index in [0.717, 1.165) is 38.5 Å². The van der Waals surface area contributed by atoms with E-state index in [-0.39, 0.29) is 0 Å². The molecule has 1 aromatic rings. The molecule has 0 amide bonds. The van der Waals surface area contributed by atoms with Crippen molar-refractivity contribution in [1.82, 2.24) is 5.32 Å². The predicted molar refractivity (Wildman–Crippen MR) is 82.4 cm³/mol. The van der Waals surface area contributed by atoms with Crippen LogP contribution in [0.15, 0.2) is 24.3 Å². The largest absolute Gasteiger partial charge is 0.493 e. The summed E-state index contributed by atoms with van der Waals surface area (Å²) in [4.78, 5) is 0. The second-order valence-electron chi connectivity index (χ2n) is 5.51.